The molecule has 0 saturated carbocycles. The van der Waals surface area contributed by atoms with Gasteiger partial charge in [-0.05, 0) is 12.8 Å². The monoisotopic (exact) mass is 260 g/mol. The Morgan fingerprint density at radius 2 is 2.11 bits per heavy atom. The second-order valence-corrected chi connectivity index (χ2v) is 4.38. The fourth-order valence-corrected chi connectivity index (χ4v) is 1.91. The lowest BCUT2D eigenvalue weighted by atomic mass is 9.80. The van der Waals surface area contributed by atoms with Gasteiger partial charge in [-0.25, -0.2) is 0 Å². The van der Waals surface area contributed by atoms with Gasteiger partial charge in [0, 0.05) is 33.4 Å². The zero-order chi connectivity index (χ0) is 13.6. The molecule has 0 aromatic carbocycles. The highest BCUT2D eigenvalue weighted by Gasteiger charge is 2.40. The molecule has 1 aliphatic heterocycles. The zero-order valence-electron chi connectivity index (χ0n) is 10.5. The molecule has 0 bridgehead atoms. The van der Waals surface area contributed by atoms with E-state index in [1.54, 1.807) is 0 Å². The van der Waals surface area contributed by atoms with Crippen molar-refractivity contribution in [2.45, 2.75) is 18.9 Å². The summed E-state index contributed by atoms with van der Waals surface area (Å²) in [7, 11) is 1.39. The highest BCUT2D eigenvalue weighted by molar-refractivity contribution is 5.82. The van der Waals surface area contributed by atoms with Gasteiger partial charge < -0.3 is 25.6 Å². The fraction of sp³-hybridized carbons (Fsp3) is 0.818. The summed E-state index contributed by atoms with van der Waals surface area (Å²) in [6, 6.07) is 0. The van der Waals surface area contributed by atoms with Gasteiger partial charge in [-0.2, -0.15) is 0 Å². The maximum Gasteiger partial charge on any atom is 0.311 e. The molecule has 1 rings (SSSR count). The van der Waals surface area contributed by atoms with Gasteiger partial charge in [-0.15, -0.1) is 0 Å². The SMILES string of the molecule is COC(CN)C(=O)NCC1(C(=O)O)CCOCC1. The van der Waals surface area contributed by atoms with Crippen molar-refractivity contribution in [2.75, 3.05) is 33.4 Å². The number of carboxylic acid groups (broad SMARTS) is 1. The first-order chi connectivity index (χ1) is 8.55. The Morgan fingerprint density at radius 3 is 2.56 bits per heavy atom. The van der Waals surface area contributed by atoms with Crippen LogP contribution in [-0.2, 0) is 19.1 Å². The summed E-state index contributed by atoms with van der Waals surface area (Å²) in [6.45, 7) is 0.926. The number of nitrogens with two attached hydrogens (primary N) is 1. The summed E-state index contributed by atoms with van der Waals surface area (Å²) >= 11 is 0. The second kappa shape index (κ2) is 6.67. The van der Waals surface area contributed by atoms with Crippen LogP contribution in [0.1, 0.15) is 12.8 Å². The number of rotatable bonds is 6. The normalized spacial score (nSPS) is 20.1. The summed E-state index contributed by atoms with van der Waals surface area (Å²) in [4.78, 5) is 23.0. The lowest BCUT2D eigenvalue weighted by Gasteiger charge is -2.33. The lowest BCUT2D eigenvalue weighted by molar-refractivity contribution is -0.155. The van der Waals surface area contributed by atoms with Crippen LogP contribution in [0.25, 0.3) is 0 Å². The Labute approximate surface area is 106 Å². The first-order valence-electron chi connectivity index (χ1n) is 5.87. The Kier molecular flexibility index (Phi) is 5.52. The molecule has 0 radical (unpaired) electrons. The molecule has 0 aliphatic carbocycles. The van der Waals surface area contributed by atoms with Gasteiger partial charge in [0.1, 0.15) is 6.10 Å². The summed E-state index contributed by atoms with van der Waals surface area (Å²) in [5, 5.41) is 11.9. The van der Waals surface area contributed by atoms with Crippen molar-refractivity contribution < 1.29 is 24.2 Å². The summed E-state index contributed by atoms with van der Waals surface area (Å²) in [6.07, 6.45) is 0.0434. The standard InChI is InChI=1S/C11H20N2O5/c1-17-8(6-12)9(14)13-7-11(10(15)16)2-4-18-5-3-11/h8H,2-7,12H2,1H3,(H,13,14)(H,15,16). The Bertz CT molecular complexity index is 298. The van der Waals surface area contributed by atoms with Crippen LogP contribution < -0.4 is 11.1 Å². The van der Waals surface area contributed by atoms with Crippen molar-refractivity contribution in [2.24, 2.45) is 11.1 Å². The number of methoxy groups -OCH3 is 1. The van der Waals surface area contributed by atoms with E-state index in [0.29, 0.717) is 26.1 Å². The van der Waals surface area contributed by atoms with Crippen LogP contribution in [0.5, 0.6) is 0 Å². The quantitative estimate of drug-likeness (QED) is 0.562. The maximum absolute atomic E-state index is 11.7. The Balaban J connectivity index is 2.57. The van der Waals surface area contributed by atoms with Crippen molar-refractivity contribution in [3.63, 3.8) is 0 Å². The van der Waals surface area contributed by atoms with Crippen LogP contribution in [0.3, 0.4) is 0 Å². The molecule has 0 spiro atoms. The van der Waals surface area contributed by atoms with Crippen LogP contribution in [0.4, 0.5) is 0 Å². The average Bonchev–Trinajstić information content (AvgIpc) is 2.38. The molecule has 7 nitrogen and oxygen atoms in total. The van der Waals surface area contributed by atoms with Crippen LogP contribution in [0.15, 0.2) is 0 Å². The molecule has 1 atom stereocenters. The molecular formula is C11H20N2O5. The largest absolute Gasteiger partial charge is 0.481 e. The van der Waals surface area contributed by atoms with Gasteiger partial charge in [-0.1, -0.05) is 0 Å². The number of carbonyl (C=O) groups is 2. The van der Waals surface area contributed by atoms with Crippen molar-refractivity contribution in [3.05, 3.63) is 0 Å². The average molecular weight is 260 g/mol. The zero-order valence-corrected chi connectivity index (χ0v) is 10.5. The fourth-order valence-electron chi connectivity index (χ4n) is 1.91. The first kappa shape index (κ1) is 14.9. The molecule has 1 aliphatic rings. The summed E-state index contributed by atoms with van der Waals surface area (Å²) in [5.41, 5.74) is 4.42. The molecule has 104 valence electrons. The van der Waals surface area contributed by atoms with Gasteiger partial charge in [0.05, 0.1) is 5.41 Å². The number of amides is 1. The van der Waals surface area contributed by atoms with Crippen LogP contribution in [-0.4, -0.2) is 56.5 Å². The van der Waals surface area contributed by atoms with E-state index in [2.05, 4.69) is 5.32 Å². The minimum absolute atomic E-state index is 0.0610. The van der Waals surface area contributed by atoms with Gasteiger partial charge >= 0.3 is 5.97 Å². The molecule has 1 amide bonds. The number of hydrogen-bond acceptors (Lipinski definition) is 5. The van der Waals surface area contributed by atoms with E-state index >= 15 is 0 Å². The second-order valence-electron chi connectivity index (χ2n) is 4.38. The third kappa shape index (κ3) is 3.41. The number of carbonyl (C=O) groups excluding carboxylic acids is 1. The molecule has 4 N–H and O–H groups in total. The lowest BCUT2D eigenvalue weighted by Crippen LogP contribution is -2.50. The smallest absolute Gasteiger partial charge is 0.311 e. The van der Waals surface area contributed by atoms with E-state index in [0.717, 1.165) is 0 Å². The van der Waals surface area contributed by atoms with E-state index < -0.39 is 17.5 Å². The molecule has 1 fully saturated rings. The molecule has 7 heteroatoms. The van der Waals surface area contributed by atoms with Crippen LogP contribution in [0, 0.1) is 5.41 Å². The minimum Gasteiger partial charge on any atom is -0.481 e. The van der Waals surface area contributed by atoms with Crippen molar-refractivity contribution >= 4 is 11.9 Å². The van der Waals surface area contributed by atoms with Crippen LogP contribution >= 0.6 is 0 Å². The number of ether oxygens (including phenoxy) is 2. The van der Waals surface area contributed by atoms with Gasteiger partial charge in [-0.3, -0.25) is 9.59 Å². The predicted molar refractivity (Wildman–Crippen MR) is 63.0 cm³/mol. The minimum atomic E-state index is -0.944. The van der Waals surface area contributed by atoms with Crippen molar-refractivity contribution in [1.29, 1.82) is 0 Å². The third-order valence-corrected chi connectivity index (χ3v) is 3.30. The summed E-state index contributed by atoms with van der Waals surface area (Å²) in [5.74, 6) is -1.29. The number of carboxylic acids is 1. The van der Waals surface area contributed by atoms with Gasteiger partial charge in [0.25, 0.3) is 0 Å². The van der Waals surface area contributed by atoms with Gasteiger partial charge in [0.2, 0.25) is 5.91 Å². The van der Waals surface area contributed by atoms with Crippen molar-refractivity contribution in [3.8, 4) is 0 Å². The molecule has 18 heavy (non-hydrogen) atoms. The van der Waals surface area contributed by atoms with Gasteiger partial charge in [0.15, 0.2) is 0 Å². The highest BCUT2D eigenvalue weighted by Crippen LogP contribution is 2.30. The summed E-state index contributed by atoms with van der Waals surface area (Å²) < 4.78 is 10.0. The molecule has 1 unspecified atom stereocenters. The maximum atomic E-state index is 11.7. The van der Waals surface area contributed by atoms with E-state index in [1.165, 1.54) is 7.11 Å². The molecule has 1 heterocycles. The first-order valence-corrected chi connectivity index (χ1v) is 5.87. The van der Waals surface area contributed by atoms with Crippen molar-refractivity contribution in [1.82, 2.24) is 5.32 Å². The molecular weight excluding hydrogens is 240 g/mol. The number of nitrogens with one attached hydrogen (secondary N) is 1. The Hall–Kier alpha value is -1.18. The number of hydrogen-bond donors (Lipinski definition) is 3. The van der Waals surface area contributed by atoms with E-state index in [9.17, 15) is 14.7 Å². The van der Waals surface area contributed by atoms with E-state index in [1.807, 2.05) is 0 Å². The molecule has 0 aromatic heterocycles. The predicted octanol–water partition coefficient (Wildman–Crippen LogP) is -1.04. The topological polar surface area (TPSA) is 111 Å². The van der Waals surface area contributed by atoms with E-state index in [-0.39, 0.29) is 19.0 Å². The van der Waals surface area contributed by atoms with E-state index in [4.69, 9.17) is 15.2 Å². The number of aliphatic carboxylic acids is 1. The third-order valence-electron chi connectivity index (χ3n) is 3.30. The molecule has 1 saturated heterocycles. The molecule has 0 aromatic rings. The van der Waals surface area contributed by atoms with Crippen LogP contribution in [0.2, 0.25) is 0 Å². The Morgan fingerprint density at radius 1 is 1.50 bits per heavy atom. The highest BCUT2D eigenvalue weighted by atomic mass is 16.5.